The summed E-state index contributed by atoms with van der Waals surface area (Å²) in [6.07, 6.45) is 8.97. The third-order valence-electron chi connectivity index (χ3n) is 6.24. The SMILES string of the molecule is OC1CCN([C@@H]2CCN(c3nccc(C4CCCC4)n3)C[C@H]2O)CC1. The smallest absolute Gasteiger partial charge is 0.225 e. The zero-order chi connectivity index (χ0) is 17.2. The van der Waals surface area contributed by atoms with Crippen molar-refractivity contribution in [2.24, 2.45) is 0 Å². The Morgan fingerprint density at radius 1 is 0.960 bits per heavy atom. The molecular weight excluding hydrogens is 316 g/mol. The van der Waals surface area contributed by atoms with Gasteiger partial charge >= 0.3 is 0 Å². The van der Waals surface area contributed by atoms with E-state index in [0.29, 0.717) is 12.5 Å². The first-order valence-corrected chi connectivity index (χ1v) is 9.89. The Labute approximate surface area is 149 Å². The predicted octanol–water partition coefficient (Wildman–Crippen LogP) is 1.53. The Morgan fingerprint density at radius 3 is 2.44 bits per heavy atom. The second-order valence-electron chi connectivity index (χ2n) is 7.90. The summed E-state index contributed by atoms with van der Waals surface area (Å²) in [5, 5.41) is 20.4. The Morgan fingerprint density at radius 2 is 1.72 bits per heavy atom. The van der Waals surface area contributed by atoms with Crippen LogP contribution in [0, 0.1) is 0 Å². The molecule has 2 saturated heterocycles. The van der Waals surface area contributed by atoms with Gasteiger partial charge in [0.05, 0.1) is 12.2 Å². The standard InChI is InChI=1S/C19H30N4O2/c24-15-6-10-22(11-7-15)17-8-12-23(13-18(17)25)19-20-9-5-16(21-19)14-3-1-2-4-14/h5,9,14-15,17-18,24-25H,1-4,6-8,10-13H2/t17-,18-/m1/s1. The molecule has 0 spiro atoms. The molecule has 0 bridgehead atoms. The highest BCUT2D eigenvalue weighted by molar-refractivity contribution is 5.33. The molecule has 2 aliphatic heterocycles. The molecule has 0 amide bonds. The van der Waals surface area contributed by atoms with Crippen molar-refractivity contribution in [2.75, 3.05) is 31.1 Å². The molecular formula is C19H30N4O2. The molecule has 3 fully saturated rings. The van der Waals surface area contributed by atoms with E-state index in [1.165, 1.54) is 31.4 Å². The van der Waals surface area contributed by atoms with Gasteiger partial charge in [-0.2, -0.15) is 0 Å². The molecule has 138 valence electrons. The Kier molecular flexibility index (Phi) is 5.20. The van der Waals surface area contributed by atoms with Crippen molar-refractivity contribution >= 4 is 5.95 Å². The molecule has 4 rings (SSSR count). The highest BCUT2D eigenvalue weighted by Gasteiger charge is 2.34. The quantitative estimate of drug-likeness (QED) is 0.865. The van der Waals surface area contributed by atoms with Gasteiger partial charge in [0, 0.05) is 50.0 Å². The number of anilines is 1. The van der Waals surface area contributed by atoms with Crippen LogP contribution in [0.2, 0.25) is 0 Å². The molecule has 1 aliphatic carbocycles. The second-order valence-corrected chi connectivity index (χ2v) is 7.90. The Hall–Kier alpha value is -1.24. The summed E-state index contributed by atoms with van der Waals surface area (Å²) in [6, 6.07) is 2.25. The zero-order valence-corrected chi connectivity index (χ0v) is 14.9. The lowest BCUT2D eigenvalue weighted by Gasteiger charge is -2.43. The lowest BCUT2D eigenvalue weighted by Crippen LogP contribution is -2.56. The normalized spacial score (nSPS) is 30.1. The monoisotopic (exact) mass is 346 g/mol. The first-order valence-electron chi connectivity index (χ1n) is 9.89. The molecule has 0 radical (unpaired) electrons. The molecule has 25 heavy (non-hydrogen) atoms. The molecule has 6 nitrogen and oxygen atoms in total. The van der Waals surface area contributed by atoms with Crippen LogP contribution in [0.15, 0.2) is 12.3 Å². The van der Waals surface area contributed by atoms with Crippen LogP contribution in [0.25, 0.3) is 0 Å². The van der Waals surface area contributed by atoms with E-state index in [9.17, 15) is 10.2 Å². The van der Waals surface area contributed by atoms with Gasteiger partial charge in [-0.15, -0.1) is 0 Å². The minimum atomic E-state index is -0.386. The van der Waals surface area contributed by atoms with Gasteiger partial charge in [-0.05, 0) is 38.2 Å². The minimum absolute atomic E-state index is 0.166. The topological polar surface area (TPSA) is 72.7 Å². The molecule has 0 unspecified atom stereocenters. The maximum Gasteiger partial charge on any atom is 0.225 e. The Bertz CT molecular complexity index is 570. The van der Waals surface area contributed by atoms with Crippen LogP contribution >= 0.6 is 0 Å². The lowest BCUT2D eigenvalue weighted by molar-refractivity contribution is -0.000336. The molecule has 2 atom stereocenters. The highest BCUT2D eigenvalue weighted by Crippen LogP contribution is 2.33. The number of likely N-dealkylation sites (tertiary alicyclic amines) is 1. The molecule has 1 aromatic rings. The van der Waals surface area contributed by atoms with E-state index in [-0.39, 0.29) is 18.2 Å². The summed E-state index contributed by atoms with van der Waals surface area (Å²) in [7, 11) is 0. The Balaban J connectivity index is 1.39. The number of hydrogen-bond acceptors (Lipinski definition) is 6. The van der Waals surface area contributed by atoms with Gasteiger partial charge in [0.2, 0.25) is 5.95 Å². The number of rotatable bonds is 3. The summed E-state index contributed by atoms with van der Waals surface area (Å²) in [5.74, 6) is 1.36. The number of aliphatic hydroxyl groups is 2. The molecule has 2 N–H and O–H groups in total. The summed E-state index contributed by atoms with van der Waals surface area (Å²) >= 11 is 0. The molecule has 1 aromatic heterocycles. The number of aliphatic hydroxyl groups excluding tert-OH is 2. The largest absolute Gasteiger partial charge is 0.393 e. The van der Waals surface area contributed by atoms with Crippen molar-refractivity contribution in [1.29, 1.82) is 0 Å². The van der Waals surface area contributed by atoms with Crippen molar-refractivity contribution in [3.63, 3.8) is 0 Å². The van der Waals surface area contributed by atoms with Gasteiger partial charge < -0.3 is 15.1 Å². The van der Waals surface area contributed by atoms with Crippen LogP contribution in [0.3, 0.4) is 0 Å². The molecule has 0 aromatic carbocycles. The number of β-amino-alcohol motifs (C(OH)–C–C–N with tert-alkyl or cyclic N) is 1. The van der Waals surface area contributed by atoms with Crippen molar-refractivity contribution in [3.8, 4) is 0 Å². The summed E-state index contributed by atoms with van der Waals surface area (Å²) < 4.78 is 0. The number of aromatic nitrogens is 2. The van der Waals surface area contributed by atoms with Crippen LogP contribution < -0.4 is 4.90 Å². The van der Waals surface area contributed by atoms with Gasteiger partial charge in [0.25, 0.3) is 0 Å². The maximum absolute atomic E-state index is 10.7. The summed E-state index contributed by atoms with van der Waals surface area (Å²) in [6.45, 7) is 3.25. The van der Waals surface area contributed by atoms with Gasteiger partial charge in [0.15, 0.2) is 0 Å². The second kappa shape index (κ2) is 7.56. The summed E-state index contributed by atoms with van der Waals surface area (Å²) in [4.78, 5) is 13.8. The molecule has 3 heterocycles. The predicted molar refractivity (Wildman–Crippen MR) is 96.7 cm³/mol. The molecule has 6 heteroatoms. The molecule has 1 saturated carbocycles. The van der Waals surface area contributed by atoms with Gasteiger partial charge in [-0.3, -0.25) is 4.90 Å². The zero-order valence-electron chi connectivity index (χ0n) is 14.9. The van der Waals surface area contributed by atoms with Crippen LogP contribution in [0.4, 0.5) is 5.95 Å². The fraction of sp³-hybridized carbons (Fsp3) is 0.789. The van der Waals surface area contributed by atoms with E-state index in [1.54, 1.807) is 0 Å². The number of hydrogen-bond donors (Lipinski definition) is 2. The first-order chi connectivity index (χ1) is 12.2. The van der Waals surface area contributed by atoms with E-state index in [0.717, 1.165) is 44.8 Å². The van der Waals surface area contributed by atoms with Gasteiger partial charge in [-0.1, -0.05) is 12.8 Å². The third kappa shape index (κ3) is 3.81. The van der Waals surface area contributed by atoms with Crippen molar-refractivity contribution < 1.29 is 10.2 Å². The minimum Gasteiger partial charge on any atom is -0.393 e. The van der Waals surface area contributed by atoms with Crippen LogP contribution in [-0.4, -0.2) is 69.5 Å². The fourth-order valence-electron chi connectivity index (χ4n) is 4.71. The lowest BCUT2D eigenvalue weighted by atomic mass is 9.97. The molecule has 3 aliphatic rings. The van der Waals surface area contributed by atoms with E-state index in [2.05, 4.69) is 20.9 Å². The fourth-order valence-corrected chi connectivity index (χ4v) is 4.71. The van der Waals surface area contributed by atoms with Crippen LogP contribution in [-0.2, 0) is 0 Å². The van der Waals surface area contributed by atoms with E-state index < -0.39 is 0 Å². The van der Waals surface area contributed by atoms with Crippen molar-refractivity contribution in [1.82, 2.24) is 14.9 Å². The van der Waals surface area contributed by atoms with E-state index in [4.69, 9.17) is 4.98 Å². The number of nitrogens with zero attached hydrogens (tertiary/aromatic N) is 4. The van der Waals surface area contributed by atoms with Crippen molar-refractivity contribution in [3.05, 3.63) is 18.0 Å². The number of piperidine rings is 2. The van der Waals surface area contributed by atoms with Crippen LogP contribution in [0.5, 0.6) is 0 Å². The average molecular weight is 346 g/mol. The third-order valence-corrected chi connectivity index (χ3v) is 6.24. The van der Waals surface area contributed by atoms with Gasteiger partial charge in [0.1, 0.15) is 0 Å². The summed E-state index contributed by atoms with van der Waals surface area (Å²) in [5.41, 5.74) is 1.17. The van der Waals surface area contributed by atoms with E-state index >= 15 is 0 Å². The van der Waals surface area contributed by atoms with E-state index in [1.807, 2.05) is 6.20 Å². The average Bonchev–Trinajstić information content (AvgIpc) is 3.17. The van der Waals surface area contributed by atoms with Crippen molar-refractivity contribution in [2.45, 2.75) is 69.1 Å². The van der Waals surface area contributed by atoms with Crippen LogP contribution in [0.1, 0.15) is 56.6 Å². The maximum atomic E-state index is 10.7. The first kappa shape index (κ1) is 17.2. The highest BCUT2D eigenvalue weighted by atomic mass is 16.3. The van der Waals surface area contributed by atoms with Gasteiger partial charge in [-0.25, -0.2) is 9.97 Å².